The Labute approximate surface area is 135 Å². The molecule has 3 heterocycles. The minimum absolute atomic E-state index is 0.0458. The molecule has 2 aromatic heterocycles. The summed E-state index contributed by atoms with van der Waals surface area (Å²) in [6.45, 7) is 8.46. The molecule has 0 bridgehead atoms. The summed E-state index contributed by atoms with van der Waals surface area (Å²) in [7, 11) is 2.07. The molecule has 0 unspecified atom stereocenters. The van der Waals surface area contributed by atoms with Gasteiger partial charge in [-0.25, -0.2) is 4.98 Å². The van der Waals surface area contributed by atoms with Crippen LogP contribution in [0.5, 0.6) is 0 Å². The fraction of sp³-hybridized carbons (Fsp3) is 0.667. The number of hydrogen-bond acceptors (Lipinski definition) is 8. The Kier molecular flexibility index (Phi) is 4.51. The fourth-order valence-corrected chi connectivity index (χ4v) is 2.83. The smallest absolute Gasteiger partial charge is 0.245 e. The summed E-state index contributed by atoms with van der Waals surface area (Å²) in [4.78, 5) is 13.5. The Morgan fingerprint density at radius 2 is 1.87 bits per heavy atom. The van der Waals surface area contributed by atoms with Crippen LogP contribution in [0.2, 0.25) is 0 Å². The number of nitrogens with zero attached hydrogens (tertiary/aromatic N) is 7. The first-order valence-corrected chi connectivity index (χ1v) is 8.10. The van der Waals surface area contributed by atoms with E-state index >= 15 is 0 Å². The van der Waals surface area contributed by atoms with Crippen LogP contribution < -0.4 is 4.90 Å². The number of rotatable bonds is 4. The van der Waals surface area contributed by atoms with Gasteiger partial charge in [-0.1, -0.05) is 19.0 Å². The topological polar surface area (TPSA) is 84.1 Å². The average Bonchev–Trinajstić information content (AvgIpc) is 3.01. The Morgan fingerprint density at radius 1 is 1.09 bits per heavy atom. The predicted molar refractivity (Wildman–Crippen MR) is 85.2 cm³/mol. The molecule has 0 spiro atoms. The molecule has 8 nitrogen and oxygen atoms in total. The first-order chi connectivity index (χ1) is 11.1. The van der Waals surface area contributed by atoms with Gasteiger partial charge in [-0.05, 0) is 26.8 Å². The molecule has 0 N–H and O–H groups in total. The first-order valence-electron chi connectivity index (χ1n) is 8.10. The van der Waals surface area contributed by atoms with Gasteiger partial charge < -0.3 is 9.42 Å². The number of likely N-dealkylation sites (N-methyl/N-ethyl adjacent to an activating group) is 1. The maximum Gasteiger partial charge on any atom is 0.245 e. The summed E-state index contributed by atoms with van der Waals surface area (Å²) in [6, 6.07) is 0.0458. The van der Waals surface area contributed by atoms with Crippen molar-refractivity contribution in [1.29, 1.82) is 0 Å². The van der Waals surface area contributed by atoms with Crippen LogP contribution in [-0.4, -0.2) is 56.9 Å². The average molecular weight is 317 g/mol. The van der Waals surface area contributed by atoms with Crippen LogP contribution in [0.4, 0.5) is 5.95 Å². The lowest BCUT2D eigenvalue weighted by Gasteiger charge is -2.37. The highest BCUT2D eigenvalue weighted by Gasteiger charge is 2.31. The van der Waals surface area contributed by atoms with E-state index in [2.05, 4.69) is 51.0 Å². The Balaban J connectivity index is 1.83. The van der Waals surface area contributed by atoms with E-state index in [0.29, 0.717) is 24.2 Å². The normalized spacial score (nSPS) is 19.3. The molecular weight excluding hydrogens is 294 g/mol. The van der Waals surface area contributed by atoms with Gasteiger partial charge in [-0.3, -0.25) is 4.90 Å². The maximum absolute atomic E-state index is 5.35. The van der Waals surface area contributed by atoms with Crippen molar-refractivity contribution in [2.24, 2.45) is 0 Å². The van der Waals surface area contributed by atoms with Crippen molar-refractivity contribution in [2.75, 3.05) is 31.6 Å². The van der Waals surface area contributed by atoms with E-state index in [9.17, 15) is 0 Å². The lowest BCUT2D eigenvalue weighted by Crippen LogP contribution is -2.47. The highest BCUT2D eigenvalue weighted by molar-refractivity contribution is 5.32. The number of piperazine rings is 1. The van der Waals surface area contributed by atoms with E-state index in [1.54, 1.807) is 0 Å². The number of hydrogen-bond donors (Lipinski definition) is 0. The van der Waals surface area contributed by atoms with Gasteiger partial charge in [0.2, 0.25) is 11.8 Å². The lowest BCUT2D eigenvalue weighted by molar-refractivity contribution is 0.176. The third kappa shape index (κ3) is 3.17. The van der Waals surface area contributed by atoms with E-state index in [1.165, 1.54) is 0 Å². The Morgan fingerprint density at radius 3 is 2.52 bits per heavy atom. The molecule has 124 valence electrons. The van der Waals surface area contributed by atoms with E-state index in [0.717, 1.165) is 37.3 Å². The largest absolute Gasteiger partial charge is 0.338 e. The molecule has 0 radical (unpaired) electrons. The van der Waals surface area contributed by atoms with E-state index in [4.69, 9.17) is 9.51 Å². The molecule has 0 aliphatic carbocycles. The van der Waals surface area contributed by atoms with Crippen LogP contribution in [-0.2, 0) is 12.8 Å². The quantitative estimate of drug-likeness (QED) is 0.831. The molecular formula is C15H23N7O. The van der Waals surface area contributed by atoms with Crippen molar-refractivity contribution in [3.63, 3.8) is 0 Å². The second kappa shape index (κ2) is 6.57. The summed E-state index contributed by atoms with van der Waals surface area (Å²) in [6.07, 6.45) is 1.72. The Hall–Kier alpha value is -2.09. The monoisotopic (exact) mass is 317 g/mol. The summed E-state index contributed by atoms with van der Waals surface area (Å²) in [5, 5.41) is 12.6. The van der Waals surface area contributed by atoms with Crippen LogP contribution in [0.3, 0.4) is 0 Å². The first kappa shape index (κ1) is 15.8. The molecule has 8 heteroatoms. The number of aromatic nitrogens is 5. The molecule has 1 atom stereocenters. The van der Waals surface area contributed by atoms with E-state index < -0.39 is 0 Å². The van der Waals surface area contributed by atoms with Crippen molar-refractivity contribution in [2.45, 2.75) is 39.7 Å². The predicted octanol–water partition coefficient (Wildman–Crippen LogP) is 1.18. The van der Waals surface area contributed by atoms with Gasteiger partial charge in [-0.2, -0.15) is 10.1 Å². The van der Waals surface area contributed by atoms with Gasteiger partial charge in [-0.15, -0.1) is 5.10 Å². The molecule has 1 aliphatic rings. The highest BCUT2D eigenvalue weighted by atomic mass is 16.5. The van der Waals surface area contributed by atoms with Crippen molar-refractivity contribution < 1.29 is 4.52 Å². The zero-order valence-corrected chi connectivity index (χ0v) is 14.2. The highest BCUT2D eigenvalue weighted by Crippen LogP contribution is 2.25. The van der Waals surface area contributed by atoms with Crippen LogP contribution in [0.15, 0.2) is 4.52 Å². The summed E-state index contributed by atoms with van der Waals surface area (Å²) >= 11 is 0. The third-order valence-electron chi connectivity index (χ3n) is 4.26. The van der Waals surface area contributed by atoms with Crippen LogP contribution in [0.25, 0.3) is 0 Å². The van der Waals surface area contributed by atoms with Crippen molar-refractivity contribution in [3.8, 4) is 0 Å². The third-order valence-corrected chi connectivity index (χ3v) is 4.26. The van der Waals surface area contributed by atoms with Crippen molar-refractivity contribution >= 4 is 5.95 Å². The van der Waals surface area contributed by atoms with Gasteiger partial charge in [0.25, 0.3) is 0 Å². The summed E-state index contributed by atoms with van der Waals surface area (Å²) in [5.41, 5.74) is 2.01. The molecule has 0 amide bonds. The molecule has 0 aromatic carbocycles. The lowest BCUT2D eigenvalue weighted by atomic mass is 10.2. The van der Waals surface area contributed by atoms with Gasteiger partial charge in [0, 0.05) is 19.6 Å². The molecule has 1 fully saturated rings. The second-order valence-electron chi connectivity index (χ2n) is 5.83. The van der Waals surface area contributed by atoms with Crippen LogP contribution in [0.1, 0.15) is 43.0 Å². The molecule has 2 aromatic rings. The van der Waals surface area contributed by atoms with Gasteiger partial charge in [0.1, 0.15) is 6.04 Å². The number of anilines is 1. The van der Waals surface area contributed by atoms with Crippen molar-refractivity contribution in [3.05, 3.63) is 23.1 Å². The Bertz CT molecular complexity index is 672. The van der Waals surface area contributed by atoms with Gasteiger partial charge >= 0.3 is 0 Å². The van der Waals surface area contributed by atoms with Gasteiger partial charge in [0.15, 0.2) is 5.82 Å². The minimum atomic E-state index is 0.0458. The van der Waals surface area contributed by atoms with Crippen LogP contribution >= 0.6 is 0 Å². The zero-order valence-electron chi connectivity index (χ0n) is 14.2. The summed E-state index contributed by atoms with van der Waals surface area (Å²) < 4.78 is 5.35. The summed E-state index contributed by atoms with van der Waals surface area (Å²) in [5.74, 6) is 1.99. The van der Waals surface area contributed by atoms with Crippen molar-refractivity contribution in [1.82, 2.24) is 30.2 Å². The molecule has 1 aliphatic heterocycles. The minimum Gasteiger partial charge on any atom is -0.338 e. The van der Waals surface area contributed by atoms with E-state index in [1.807, 2.05) is 6.92 Å². The maximum atomic E-state index is 5.35. The van der Waals surface area contributed by atoms with Gasteiger partial charge in [0.05, 0.1) is 11.4 Å². The second-order valence-corrected chi connectivity index (χ2v) is 5.83. The van der Waals surface area contributed by atoms with Crippen LogP contribution in [0, 0.1) is 6.92 Å². The molecule has 23 heavy (non-hydrogen) atoms. The molecule has 1 saturated heterocycles. The number of aryl methyl sites for hydroxylation is 3. The molecule has 3 rings (SSSR count). The zero-order chi connectivity index (χ0) is 16.4. The van der Waals surface area contributed by atoms with E-state index in [-0.39, 0.29) is 6.04 Å². The molecule has 0 saturated carbocycles. The standard InChI is InChI=1S/C15H23N7O/c1-5-11-12(6-2)18-19-15(17-11)22-8-7-21(4)13(9-22)14-16-10(3)20-23-14/h13H,5-9H2,1-4H3/t13-/m0/s1. The fourth-order valence-electron chi connectivity index (χ4n) is 2.83. The SMILES string of the molecule is CCc1nnc(N2CCN(C)[C@H](c3nc(C)no3)C2)nc1CC.